The molecule has 1 N–H and O–H groups in total. The van der Waals surface area contributed by atoms with Crippen LogP contribution in [0.25, 0.3) is 10.9 Å². The second-order valence-electron chi connectivity index (χ2n) is 9.69. The van der Waals surface area contributed by atoms with Crippen molar-refractivity contribution in [1.29, 1.82) is 5.26 Å². The highest BCUT2D eigenvalue weighted by Crippen LogP contribution is 2.32. The molecule has 2 aromatic heterocycles. The predicted octanol–water partition coefficient (Wildman–Crippen LogP) is 1.71. The van der Waals surface area contributed by atoms with Crippen LogP contribution in [0.5, 0.6) is 0 Å². The largest absolute Gasteiger partial charge is 0.368 e. The third-order valence-corrected chi connectivity index (χ3v) is 7.57. The second-order valence-corrected chi connectivity index (χ2v) is 9.69. The minimum atomic E-state index is 0.396. The zero-order chi connectivity index (χ0) is 23.8. The number of fused-ring (bicyclic) bond motifs is 2. The normalized spacial score (nSPS) is 23.3. The molecular formula is C26H31N9. The summed E-state index contributed by atoms with van der Waals surface area (Å²) in [7, 11) is 0. The molecule has 9 nitrogen and oxygen atoms in total. The topological polar surface area (TPSA) is 87.5 Å². The zero-order valence-corrected chi connectivity index (χ0v) is 20.1. The Bertz CT molecular complexity index is 1250. The van der Waals surface area contributed by atoms with Crippen molar-refractivity contribution in [3.8, 4) is 6.07 Å². The van der Waals surface area contributed by atoms with E-state index >= 15 is 0 Å². The molecule has 3 fully saturated rings. The summed E-state index contributed by atoms with van der Waals surface area (Å²) in [6, 6.07) is 13.2. The summed E-state index contributed by atoms with van der Waals surface area (Å²) < 4.78 is 0. The van der Waals surface area contributed by atoms with Crippen molar-refractivity contribution in [3.05, 3.63) is 48.3 Å². The molecule has 1 aromatic carbocycles. The van der Waals surface area contributed by atoms with Crippen LogP contribution < -0.4 is 20.0 Å². The summed E-state index contributed by atoms with van der Waals surface area (Å²) in [5, 5.41) is 14.0. The van der Waals surface area contributed by atoms with Gasteiger partial charge in [-0.05, 0) is 37.3 Å². The van der Waals surface area contributed by atoms with E-state index in [-0.39, 0.29) is 0 Å². The van der Waals surface area contributed by atoms with Gasteiger partial charge in [0.05, 0.1) is 11.1 Å². The number of nitriles is 1. The van der Waals surface area contributed by atoms with Gasteiger partial charge in [0.15, 0.2) is 0 Å². The molecule has 35 heavy (non-hydrogen) atoms. The first kappa shape index (κ1) is 22.0. The number of pyridine rings is 1. The van der Waals surface area contributed by atoms with Crippen LogP contribution in [-0.4, -0.2) is 90.8 Å². The van der Waals surface area contributed by atoms with Crippen LogP contribution >= 0.6 is 0 Å². The maximum atomic E-state index is 9.54. The lowest BCUT2D eigenvalue weighted by Gasteiger charge is -2.51. The van der Waals surface area contributed by atoms with Gasteiger partial charge in [0, 0.05) is 94.5 Å². The molecule has 3 aliphatic rings. The van der Waals surface area contributed by atoms with Gasteiger partial charge in [-0.2, -0.15) is 10.2 Å². The van der Waals surface area contributed by atoms with Crippen LogP contribution in [0.3, 0.4) is 0 Å². The number of rotatable bonds is 3. The van der Waals surface area contributed by atoms with Gasteiger partial charge < -0.3 is 20.0 Å². The number of nitrogens with one attached hydrogen (secondary N) is 1. The van der Waals surface area contributed by atoms with Gasteiger partial charge in [-0.3, -0.25) is 9.88 Å². The minimum absolute atomic E-state index is 0.396. The van der Waals surface area contributed by atoms with Crippen LogP contribution in [0.15, 0.2) is 42.7 Å². The quantitative estimate of drug-likeness (QED) is 0.616. The molecule has 5 heterocycles. The number of benzene rings is 1. The molecule has 0 bridgehead atoms. The van der Waals surface area contributed by atoms with E-state index in [9.17, 15) is 5.26 Å². The molecule has 6 rings (SSSR count). The lowest BCUT2D eigenvalue weighted by atomic mass is 10.0. The van der Waals surface area contributed by atoms with Crippen molar-refractivity contribution < 1.29 is 0 Å². The molecule has 3 aliphatic heterocycles. The van der Waals surface area contributed by atoms with Crippen molar-refractivity contribution in [2.24, 2.45) is 0 Å². The van der Waals surface area contributed by atoms with E-state index in [1.807, 2.05) is 24.4 Å². The van der Waals surface area contributed by atoms with E-state index in [4.69, 9.17) is 4.98 Å². The molecule has 3 aromatic rings. The van der Waals surface area contributed by atoms with Gasteiger partial charge >= 0.3 is 0 Å². The summed E-state index contributed by atoms with van der Waals surface area (Å²) in [6.45, 7) is 11.0. The van der Waals surface area contributed by atoms with Crippen molar-refractivity contribution in [1.82, 2.24) is 25.2 Å². The smallest absolute Gasteiger partial charge is 0.227 e. The lowest BCUT2D eigenvalue weighted by Crippen LogP contribution is -2.65. The van der Waals surface area contributed by atoms with Crippen LogP contribution in [0.1, 0.15) is 12.5 Å². The van der Waals surface area contributed by atoms with Gasteiger partial charge in [0.25, 0.3) is 0 Å². The SMILES string of the molecule is CC1CN(c2ccc(C#N)c3ncccc23)CC2CN(c3ccnc(N4CCNCC4)n3)CCN12. The number of hydrogen-bond acceptors (Lipinski definition) is 9. The number of aromatic nitrogens is 3. The van der Waals surface area contributed by atoms with E-state index in [2.05, 4.69) is 60.0 Å². The van der Waals surface area contributed by atoms with Crippen LogP contribution in [0.2, 0.25) is 0 Å². The number of nitrogens with zero attached hydrogens (tertiary/aromatic N) is 8. The van der Waals surface area contributed by atoms with Gasteiger partial charge in [-0.25, -0.2) is 4.98 Å². The lowest BCUT2D eigenvalue weighted by molar-refractivity contribution is 0.108. The van der Waals surface area contributed by atoms with Crippen molar-refractivity contribution in [2.45, 2.75) is 19.0 Å². The molecule has 0 radical (unpaired) electrons. The first-order chi connectivity index (χ1) is 17.2. The summed E-state index contributed by atoms with van der Waals surface area (Å²) in [6.07, 6.45) is 3.67. The Labute approximate surface area is 206 Å². The monoisotopic (exact) mass is 469 g/mol. The van der Waals surface area contributed by atoms with E-state index in [1.54, 1.807) is 6.20 Å². The highest BCUT2D eigenvalue weighted by Gasteiger charge is 2.37. The van der Waals surface area contributed by atoms with Crippen molar-refractivity contribution in [3.63, 3.8) is 0 Å². The van der Waals surface area contributed by atoms with Crippen LogP contribution in [-0.2, 0) is 0 Å². The third-order valence-electron chi connectivity index (χ3n) is 7.57. The first-order valence-corrected chi connectivity index (χ1v) is 12.5. The molecule has 9 heteroatoms. The molecule has 2 unspecified atom stereocenters. The number of hydrogen-bond donors (Lipinski definition) is 1. The Morgan fingerprint density at radius 3 is 2.63 bits per heavy atom. The maximum Gasteiger partial charge on any atom is 0.227 e. The summed E-state index contributed by atoms with van der Waals surface area (Å²) in [4.78, 5) is 23.8. The fourth-order valence-corrected chi connectivity index (χ4v) is 5.83. The molecule has 0 spiro atoms. The third kappa shape index (κ3) is 4.13. The van der Waals surface area contributed by atoms with Gasteiger partial charge in [-0.1, -0.05) is 0 Å². The van der Waals surface area contributed by atoms with E-state index in [1.165, 1.54) is 5.69 Å². The fourth-order valence-electron chi connectivity index (χ4n) is 5.83. The standard InChI is InChI=1S/C26H31N9/c1-19-16-34(23-5-4-20(15-27)25-22(23)3-2-7-29-25)18-21-17-33(13-14-35(19)21)24-6-8-30-26(31-24)32-11-9-28-10-12-32/h2-8,19,21,28H,9-14,16-18H2,1H3. The van der Waals surface area contributed by atoms with Gasteiger partial charge in [-0.15, -0.1) is 0 Å². The molecule has 0 aliphatic carbocycles. The minimum Gasteiger partial charge on any atom is -0.368 e. The van der Waals surface area contributed by atoms with Crippen molar-refractivity contribution in [2.75, 3.05) is 73.6 Å². The Morgan fingerprint density at radius 1 is 0.914 bits per heavy atom. The van der Waals surface area contributed by atoms with Crippen LogP contribution in [0, 0.1) is 11.3 Å². The second kappa shape index (κ2) is 9.29. The van der Waals surface area contributed by atoms with Gasteiger partial charge in [0.2, 0.25) is 5.95 Å². The van der Waals surface area contributed by atoms with E-state index in [0.29, 0.717) is 17.6 Å². The highest BCUT2D eigenvalue weighted by molar-refractivity contribution is 5.95. The number of piperazine rings is 3. The predicted molar refractivity (Wildman–Crippen MR) is 138 cm³/mol. The molecular weight excluding hydrogens is 438 g/mol. The average molecular weight is 470 g/mol. The Hall–Kier alpha value is -3.48. The summed E-state index contributed by atoms with van der Waals surface area (Å²) >= 11 is 0. The molecule has 0 amide bonds. The van der Waals surface area contributed by atoms with E-state index in [0.717, 1.165) is 81.6 Å². The average Bonchev–Trinajstić information content (AvgIpc) is 2.92. The molecule has 180 valence electrons. The molecule has 3 saturated heterocycles. The zero-order valence-electron chi connectivity index (χ0n) is 20.1. The first-order valence-electron chi connectivity index (χ1n) is 12.5. The molecule has 0 saturated carbocycles. The maximum absolute atomic E-state index is 9.54. The Balaban J connectivity index is 1.24. The highest BCUT2D eigenvalue weighted by atomic mass is 15.4. The Morgan fingerprint density at radius 2 is 1.77 bits per heavy atom. The molecule has 2 atom stereocenters. The summed E-state index contributed by atoms with van der Waals surface area (Å²) in [5.41, 5.74) is 2.58. The van der Waals surface area contributed by atoms with E-state index < -0.39 is 0 Å². The Kier molecular flexibility index (Phi) is 5.84. The fraction of sp³-hybridized carbons (Fsp3) is 0.462. The summed E-state index contributed by atoms with van der Waals surface area (Å²) in [5.74, 6) is 1.85. The van der Waals surface area contributed by atoms with Crippen molar-refractivity contribution >= 4 is 28.4 Å². The van der Waals surface area contributed by atoms with Gasteiger partial charge in [0.1, 0.15) is 11.9 Å². The van der Waals surface area contributed by atoms with Crippen LogP contribution in [0.4, 0.5) is 17.5 Å². The number of anilines is 3.